The van der Waals surface area contributed by atoms with Crippen molar-refractivity contribution in [2.75, 3.05) is 234 Å². The average molecular weight is 1560 g/mol. The Labute approximate surface area is 648 Å². The van der Waals surface area contributed by atoms with Gasteiger partial charge < -0.3 is 106 Å². The zero-order chi connectivity index (χ0) is 81.6. The quantitative estimate of drug-likeness (QED) is 0.0337. The SMILES string of the molecule is CCCCNC(=O)C(CC(=O)CC(CC(=O)C(CC(=O)CC(CC(=O)C(CC(=O)CC(C)C(=O)NCCOCCOCCOC)CC(=O)NCCOCCOCCOC)C(=O)NCCCCC(CO)CO)CC(=O)NCCCCC(CO)CO)C(=O)NCCN(C)CCN(C)C)CC(=O)NCCN(C)CCN(C)C. The van der Waals surface area contributed by atoms with Crippen LogP contribution in [-0.2, 0) is 86.0 Å². The first-order valence-electron chi connectivity index (χ1n) is 39.1. The van der Waals surface area contributed by atoms with E-state index in [4.69, 9.17) is 28.4 Å². The fourth-order valence-corrected chi connectivity index (χ4v) is 11.3. The highest BCUT2D eigenvalue weighted by Gasteiger charge is 2.36. The van der Waals surface area contributed by atoms with E-state index in [9.17, 15) is 73.2 Å². The molecule has 0 spiro atoms. The van der Waals surface area contributed by atoms with E-state index < -0.39 is 169 Å². The largest absolute Gasteiger partial charge is 0.396 e. The molecule has 109 heavy (non-hydrogen) atoms. The van der Waals surface area contributed by atoms with E-state index in [0.717, 1.165) is 19.5 Å². The van der Waals surface area contributed by atoms with Gasteiger partial charge in [-0.3, -0.25) is 57.5 Å². The normalized spacial score (nSPS) is 13.3. The van der Waals surface area contributed by atoms with Crippen molar-refractivity contribution in [3.05, 3.63) is 0 Å². The van der Waals surface area contributed by atoms with Crippen molar-refractivity contribution in [1.82, 2.24) is 56.8 Å². The van der Waals surface area contributed by atoms with E-state index in [1.165, 1.54) is 14.0 Å². The third kappa shape index (κ3) is 56.0. The maximum Gasteiger partial charge on any atom is 0.224 e. The third-order valence-electron chi connectivity index (χ3n) is 18.3. The van der Waals surface area contributed by atoms with E-state index in [1.54, 1.807) is 7.11 Å². The Morgan fingerprint density at radius 3 is 1.04 bits per heavy atom. The van der Waals surface area contributed by atoms with Gasteiger partial charge in [-0.2, -0.15) is 0 Å². The molecule has 0 aliphatic rings. The lowest BCUT2D eigenvalue weighted by atomic mass is 9.82. The van der Waals surface area contributed by atoms with Gasteiger partial charge in [0, 0.05) is 226 Å². The Balaban J connectivity index is 7.63. The monoisotopic (exact) mass is 1560 g/mol. The molecule has 0 rings (SSSR count). The van der Waals surface area contributed by atoms with Crippen LogP contribution in [0.2, 0.25) is 0 Å². The molecule has 0 aromatic heterocycles. The lowest BCUT2D eigenvalue weighted by Crippen LogP contribution is -2.41. The number of hydrogen-bond acceptors (Lipinski definition) is 26. The first kappa shape index (κ1) is 103. The van der Waals surface area contributed by atoms with Crippen molar-refractivity contribution >= 4 is 70.3 Å². The predicted molar refractivity (Wildman–Crippen MR) is 411 cm³/mol. The summed E-state index contributed by atoms with van der Waals surface area (Å²) in [4.78, 5) is 179. The Bertz CT molecular complexity index is 2530. The van der Waals surface area contributed by atoms with E-state index in [0.29, 0.717) is 104 Å². The number of carbonyl (C=O) groups is 12. The van der Waals surface area contributed by atoms with Crippen LogP contribution in [0.3, 0.4) is 0 Å². The molecule has 6 atom stereocenters. The number of unbranched alkanes of at least 4 members (excludes halogenated alkanes) is 3. The molecule has 0 heterocycles. The molecule has 11 N–H and O–H groups in total. The molecule has 6 unspecified atom stereocenters. The molecule has 0 fully saturated rings. The number of amides is 7. The second-order valence-electron chi connectivity index (χ2n) is 28.8. The second-order valence-corrected chi connectivity index (χ2v) is 28.8. The van der Waals surface area contributed by atoms with Crippen molar-refractivity contribution in [3.8, 4) is 0 Å². The van der Waals surface area contributed by atoms with Crippen molar-refractivity contribution < 1.29 is 106 Å². The number of rotatable bonds is 75. The van der Waals surface area contributed by atoms with Crippen molar-refractivity contribution in [2.45, 2.75) is 136 Å². The molecule has 33 heteroatoms. The van der Waals surface area contributed by atoms with Crippen molar-refractivity contribution in [1.29, 1.82) is 0 Å². The lowest BCUT2D eigenvalue weighted by molar-refractivity contribution is -0.138. The minimum absolute atomic E-state index is 0.00366. The highest BCUT2D eigenvalue weighted by Crippen LogP contribution is 2.26. The molecule has 0 saturated carbocycles. The summed E-state index contributed by atoms with van der Waals surface area (Å²) in [6, 6.07) is 0. The van der Waals surface area contributed by atoms with Crippen molar-refractivity contribution in [2.24, 2.45) is 47.3 Å². The molecule has 0 bridgehead atoms. The molecule has 0 aliphatic carbocycles. The number of hydrogen-bond donors (Lipinski definition) is 11. The molecular weight excluding hydrogens is 1420 g/mol. The molecule has 0 radical (unpaired) electrons. The van der Waals surface area contributed by atoms with Crippen molar-refractivity contribution in [3.63, 3.8) is 0 Å². The van der Waals surface area contributed by atoms with E-state index in [1.807, 2.05) is 68.8 Å². The second kappa shape index (κ2) is 66.7. The van der Waals surface area contributed by atoms with Crippen LogP contribution in [0.15, 0.2) is 0 Å². The Morgan fingerprint density at radius 2 is 0.633 bits per heavy atom. The Morgan fingerprint density at radius 1 is 0.321 bits per heavy atom. The first-order chi connectivity index (χ1) is 52.2. The zero-order valence-corrected chi connectivity index (χ0v) is 67.6. The van der Waals surface area contributed by atoms with E-state index in [2.05, 4.69) is 37.2 Å². The summed E-state index contributed by atoms with van der Waals surface area (Å²) in [5, 5.41) is 58.1. The van der Waals surface area contributed by atoms with Crippen LogP contribution in [-0.4, -0.2) is 344 Å². The lowest BCUT2D eigenvalue weighted by Gasteiger charge is -2.23. The van der Waals surface area contributed by atoms with Gasteiger partial charge in [-0.1, -0.05) is 33.1 Å². The van der Waals surface area contributed by atoms with Gasteiger partial charge in [-0.05, 0) is 74.4 Å². The number of aliphatic hydroxyl groups excluding tert-OH is 4. The Hall–Kier alpha value is -5.92. The average Bonchev–Trinajstić information content (AvgIpc) is 0.861. The minimum Gasteiger partial charge on any atom is -0.396 e. The zero-order valence-electron chi connectivity index (χ0n) is 67.6. The molecule has 0 aromatic carbocycles. The van der Waals surface area contributed by atoms with E-state index in [-0.39, 0.29) is 124 Å². The number of carbonyl (C=O) groups excluding carboxylic acids is 12. The highest BCUT2D eigenvalue weighted by molar-refractivity contribution is 5.99. The maximum atomic E-state index is 15.1. The summed E-state index contributed by atoms with van der Waals surface area (Å²) in [6.07, 6.45) is -2.31. The molecule has 0 aromatic rings. The standard InChI is InChI=1S/C76H141N11O22/c1-11-12-19-80-76(103)64(52-72(99)78-22-26-86(7)30-28-84(3)4)47-67(94)46-63(75(102)82-23-27-87(8)31-29-85(5)6)49-69(96)61(50-70(97)77-20-15-13-17-58(53-88)54-89)44-66(93)45-62(74(101)81-21-16-14-18-59(55-90)56-91)48-68(95)60(51-71(98)79-24-32-106-38-40-108-36-34-104-9)43-65(92)42-57(2)73(100)83-25-33-107-39-41-109-37-35-105-10/h57-64,88-91H,11-56H2,1-10H3,(H,77,97)(H,78,99)(H,79,98)(H,80,103)(H,81,101)(H,82,102)(H,83,100). The van der Waals surface area contributed by atoms with Crippen LogP contribution < -0.4 is 37.2 Å². The van der Waals surface area contributed by atoms with E-state index >= 15 is 4.79 Å². The van der Waals surface area contributed by atoms with Crippen LogP contribution >= 0.6 is 0 Å². The third-order valence-corrected chi connectivity index (χ3v) is 18.3. The summed E-state index contributed by atoms with van der Waals surface area (Å²) in [5.41, 5.74) is 0. The molecule has 0 aliphatic heterocycles. The smallest absolute Gasteiger partial charge is 0.224 e. The number of ketones is 5. The number of aliphatic hydroxyl groups is 4. The number of Topliss-reactive ketones (excluding diaryl/α,β-unsaturated/α-hetero) is 5. The fraction of sp³-hybridized carbons (Fsp3) is 0.842. The van der Waals surface area contributed by atoms with Gasteiger partial charge in [0.15, 0.2) is 0 Å². The topological polar surface area (TPSA) is 438 Å². The van der Waals surface area contributed by atoms with Gasteiger partial charge in [-0.15, -0.1) is 0 Å². The maximum absolute atomic E-state index is 15.1. The number of likely N-dealkylation sites (N-methyl/N-ethyl adjacent to an activating group) is 4. The van der Waals surface area contributed by atoms with Crippen LogP contribution in [0, 0.1) is 47.3 Å². The van der Waals surface area contributed by atoms with Gasteiger partial charge >= 0.3 is 0 Å². The minimum atomic E-state index is -1.49. The predicted octanol–water partition coefficient (Wildman–Crippen LogP) is -0.658. The van der Waals surface area contributed by atoms with Crippen LogP contribution in [0.1, 0.15) is 136 Å². The van der Waals surface area contributed by atoms with Crippen LogP contribution in [0.4, 0.5) is 0 Å². The van der Waals surface area contributed by atoms with Crippen LogP contribution in [0.25, 0.3) is 0 Å². The Kier molecular flexibility index (Phi) is 63.0. The molecule has 33 nitrogen and oxygen atoms in total. The number of ether oxygens (including phenoxy) is 6. The highest BCUT2D eigenvalue weighted by atomic mass is 16.5. The summed E-state index contributed by atoms with van der Waals surface area (Å²) < 4.78 is 31.8. The van der Waals surface area contributed by atoms with Gasteiger partial charge in [0.05, 0.1) is 83.8 Å². The number of nitrogens with one attached hydrogen (secondary N) is 7. The molecule has 0 saturated heterocycles. The van der Waals surface area contributed by atoms with Gasteiger partial charge in [0.25, 0.3) is 0 Å². The van der Waals surface area contributed by atoms with Gasteiger partial charge in [0.1, 0.15) is 28.9 Å². The summed E-state index contributed by atoms with van der Waals surface area (Å²) in [7, 11) is 14.6. The fourth-order valence-electron chi connectivity index (χ4n) is 11.3. The molecule has 632 valence electrons. The number of nitrogens with zero attached hydrogens (tertiary/aromatic N) is 4. The van der Waals surface area contributed by atoms with Gasteiger partial charge in [-0.25, -0.2) is 0 Å². The molecule has 7 amide bonds. The summed E-state index contributed by atoms with van der Waals surface area (Å²) >= 11 is 0. The first-order valence-corrected chi connectivity index (χ1v) is 39.1. The molecular formula is C76H141N11O22. The summed E-state index contributed by atoms with van der Waals surface area (Å²) in [5.74, 6) is -16.4. The van der Waals surface area contributed by atoms with Gasteiger partial charge in [0.2, 0.25) is 41.4 Å². The summed E-state index contributed by atoms with van der Waals surface area (Å²) in [6.45, 7) is 9.83. The number of methoxy groups -OCH3 is 2. The van der Waals surface area contributed by atoms with Crippen LogP contribution in [0.5, 0.6) is 0 Å².